The van der Waals surface area contributed by atoms with Gasteiger partial charge in [0.2, 0.25) is 5.91 Å². The molecule has 2 aromatic rings. The minimum Gasteiger partial charge on any atom is -0.385 e. The summed E-state index contributed by atoms with van der Waals surface area (Å²) >= 11 is 0. The molecule has 0 aliphatic rings. The van der Waals surface area contributed by atoms with E-state index in [1.54, 1.807) is 13.2 Å². The lowest BCUT2D eigenvalue weighted by Crippen LogP contribution is -2.39. The topological polar surface area (TPSA) is 120 Å². The van der Waals surface area contributed by atoms with Crippen molar-refractivity contribution in [2.45, 2.75) is 6.42 Å². The van der Waals surface area contributed by atoms with E-state index in [1.807, 2.05) is 0 Å². The van der Waals surface area contributed by atoms with Gasteiger partial charge in [-0.15, -0.1) is 0 Å². The van der Waals surface area contributed by atoms with Crippen molar-refractivity contribution in [1.82, 2.24) is 20.0 Å². The van der Waals surface area contributed by atoms with Gasteiger partial charge in [0, 0.05) is 45.6 Å². The van der Waals surface area contributed by atoms with E-state index in [9.17, 15) is 19.7 Å². The summed E-state index contributed by atoms with van der Waals surface area (Å²) in [6.07, 6.45) is 2.22. The molecule has 27 heavy (non-hydrogen) atoms. The zero-order valence-electron chi connectivity index (χ0n) is 15.1. The van der Waals surface area contributed by atoms with Gasteiger partial charge in [-0.1, -0.05) is 6.07 Å². The number of nitro benzene ring substituents is 1. The second kappa shape index (κ2) is 9.43. The number of methoxy groups -OCH3 is 1. The molecule has 1 aromatic heterocycles. The summed E-state index contributed by atoms with van der Waals surface area (Å²) in [5, 5.41) is 17.7. The van der Waals surface area contributed by atoms with Gasteiger partial charge in [0.15, 0.2) is 5.69 Å². The van der Waals surface area contributed by atoms with Gasteiger partial charge in [0.05, 0.1) is 17.2 Å². The fraction of sp³-hybridized carbons (Fsp3) is 0.353. The fourth-order valence-electron chi connectivity index (χ4n) is 2.31. The first-order chi connectivity index (χ1) is 12.9. The third-order valence-corrected chi connectivity index (χ3v) is 3.69. The number of nitrogens with one attached hydrogen (secondary N) is 1. The quantitative estimate of drug-likeness (QED) is 0.397. The number of benzene rings is 1. The zero-order valence-corrected chi connectivity index (χ0v) is 15.1. The van der Waals surface area contributed by atoms with Crippen LogP contribution in [0.4, 0.5) is 5.69 Å². The predicted molar refractivity (Wildman–Crippen MR) is 96.7 cm³/mol. The van der Waals surface area contributed by atoms with E-state index in [1.165, 1.54) is 47.1 Å². The maximum absolute atomic E-state index is 12.4. The van der Waals surface area contributed by atoms with Crippen LogP contribution < -0.4 is 5.32 Å². The van der Waals surface area contributed by atoms with Crippen molar-refractivity contribution < 1.29 is 19.2 Å². The number of amides is 2. The Labute approximate surface area is 155 Å². The van der Waals surface area contributed by atoms with Gasteiger partial charge >= 0.3 is 0 Å². The fourth-order valence-corrected chi connectivity index (χ4v) is 2.31. The Balaban J connectivity index is 1.98. The molecule has 10 heteroatoms. The molecular formula is C17H21N5O5. The van der Waals surface area contributed by atoms with E-state index in [4.69, 9.17) is 4.74 Å². The van der Waals surface area contributed by atoms with Gasteiger partial charge in [-0.25, -0.2) is 4.68 Å². The van der Waals surface area contributed by atoms with Crippen LogP contribution in [0, 0.1) is 10.1 Å². The summed E-state index contributed by atoms with van der Waals surface area (Å²) in [6.45, 7) is 0.912. The van der Waals surface area contributed by atoms with Gasteiger partial charge in [-0.3, -0.25) is 19.7 Å². The lowest BCUT2D eigenvalue weighted by atomic mass is 10.3. The van der Waals surface area contributed by atoms with Gasteiger partial charge in [0.1, 0.15) is 0 Å². The van der Waals surface area contributed by atoms with Crippen LogP contribution in [0.25, 0.3) is 5.69 Å². The number of likely N-dealkylation sites (N-methyl/N-ethyl adjacent to an activating group) is 1. The number of rotatable bonds is 9. The molecule has 0 spiro atoms. The van der Waals surface area contributed by atoms with Crippen molar-refractivity contribution in [2.75, 3.05) is 33.9 Å². The van der Waals surface area contributed by atoms with Crippen molar-refractivity contribution in [2.24, 2.45) is 0 Å². The summed E-state index contributed by atoms with van der Waals surface area (Å²) in [5.41, 5.74) is 0.524. The minimum absolute atomic E-state index is 0.0712. The Morgan fingerprint density at radius 3 is 2.85 bits per heavy atom. The van der Waals surface area contributed by atoms with Crippen LogP contribution in [0.15, 0.2) is 36.5 Å². The molecule has 0 saturated heterocycles. The van der Waals surface area contributed by atoms with Crippen LogP contribution in [-0.2, 0) is 9.53 Å². The molecular weight excluding hydrogens is 354 g/mol. The molecule has 144 valence electrons. The first kappa shape index (κ1) is 20.0. The van der Waals surface area contributed by atoms with Crippen LogP contribution in [0.5, 0.6) is 0 Å². The lowest BCUT2D eigenvalue weighted by molar-refractivity contribution is -0.384. The molecule has 2 amide bonds. The molecule has 0 saturated carbocycles. The number of carbonyl (C=O) groups excluding carboxylic acids is 2. The van der Waals surface area contributed by atoms with Crippen LogP contribution in [0.1, 0.15) is 16.9 Å². The lowest BCUT2D eigenvalue weighted by Gasteiger charge is -2.15. The average Bonchev–Trinajstić information content (AvgIpc) is 3.14. The highest BCUT2D eigenvalue weighted by molar-refractivity contribution is 5.94. The highest BCUT2D eigenvalue weighted by Crippen LogP contribution is 2.16. The van der Waals surface area contributed by atoms with Crippen LogP contribution in [-0.4, -0.2) is 65.3 Å². The normalized spacial score (nSPS) is 10.4. The van der Waals surface area contributed by atoms with Crippen molar-refractivity contribution in [3.8, 4) is 5.69 Å². The zero-order chi connectivity index (χ0) is 19.8. The van der Waals surface area contributed by atoms with Crippen LogP contribution in [0.3, 0.4) is 0 Å². The number of aromatic nitrogens is 2. The summed E-state index contributed by atoms with van der Waals surface area (Å²) < 4.78 is 6.27. The van der Waals surface area contributed by atoms with Gasteiger partial charge in [-0.05, 0) is 18.6 Å². The maximum atomic E-state index is 12.4. The Kier molecular flexibility index (Phi) is 7.00. The molecule has 0 radical (unpaired) electrons. The molecule has 1 N–H and O–H groups in total. The first-order valence-corrected chi connectivity index (χ1v) is 8.24. The van der Waals surface area contributed by atoms with E-state index in [0.717, 1.165) is 0 Å². The van der Waals surface area contributed by atoms with Crippen molar-refractivity contribution in [3.05, 3.63) is 52.3 Å². The SMILES string of the molecule is COCCCNC(=O)CN(C)C(=O)c1ccn(-c2cccc([N+](=O)[O-])c2)n1. The number of non-ortho nitro benzene ring substituents is 1. The van der Waals surface area contributed by atoms with E-state index < -0.39 is 10.8 Å². The molecule has 1 heterocycles. The van der Waals surface area contributed by atoms with E-state index in [2.05, 4.69) is 10.4 Å². The Hall–Kier alpha value is -3.27. The molecule has 2 rings (SSSR count). The molecule has 0 aliphatic heterocycles. The van der Waals surface area contributed by atoms with Crippen molar-refractivity contribution >= 4 is 17.5 Å². The van der Waals surface area contributed by atoms with E-state index >= 15 is 0 Å². The number of hydrogen-bond acceptors (Lipinski definition) is 6. The molecule has 0 atom stereocenters. The third kappa shape index (κ3) is 5.61. The Bertz CT molecular complexity index is 820. The van der Waals surface area contributed by atoms with E-state index in [0.29, 0.717) is 25.3 Å². The van der Waals surface area contributed by atoms with Crippen LogP contribution >= 0.6 is 0 Å². The molecule has 1 aromatic carbocycles. The summed E-state index contributed by atoms with van der Waals surface area (Å²) in [5.74, 6) is -0.703. The first-order valence-electron chi connectivity index (χ1n) is 8.24. The summed E-state index contributed by atoms with van der Waals surface area (Å²) in [6, 6.07) is 7.41. The summed E-state index contributed by atoms with van der Waals surface area (Å²) in [7, 11) is 3.09. The van der Waals surface area contributed by atoms with Gasteiger partial charge < -0.3 is 15.0 Å². The monoisotopic (exact) mass is 375 g/mol. The number of nitro groups is 1. The van der Waals surface area contributed by atoms with Crippen molar-refractivity contribution in [1.29, 1.82) is 0 Å². The number of nitrogens with zero attached hydrogens (tertiary/aromatic N) is 4. The number of ether oxygens (including phenoxy) is 1. The Morgan fingerprint density at radius 2 is 2.15 bits per heavy atom. The van der Waals surface area contributed by atoms with E-state index in [-0.39, 0.29) is 23.8 Å². The van der Waals surface area contributed by atoms with Gasteiger partial charge in [0.25, 0.3) is 11.6 Å². The average molecular weight is 375 g/mol. The minimum atomic E-state index is -0.502. The second-order valence-corrected chi connectivity index (χ2v) is 5.78. The van der Waals surface area contributed by atoms with Crippen molar-refractivity contribution in [3.63, 3.8) is 0 Å². The van der Waals surface area contributed by atoms with Crippen LogP contribution in [0.2, 0.25) is 0 Å². The smallest absolute Gasteiger partial charge is 0.274 e. The summed E-state index contributed by atoms with van der Waals surface area (Å²) in [4.78, 5) is 35.9. The highest BCUT2D eigenvalue weighted by atomic mass is 16.6. The third-order valence-electron chi connectivity index (χ3n) is 3.69. The Morgan fingerprint density at radius 1 is 1.37 bits per heavy atom. The molecule has 10 nitrogen and oxygen atoms in total. The predicted octanol–water partition coefficient (Wildman–Crippen LogP) is 1.01. The van der Waals surface area contributed by atoms with Gasteiger partial charge in [-0.2, -0.15) is 5.10 Å². The highest BCUT2D eigenvalue weighted by Gasteiger charge is 2.18. The maximum Gasteiger partial charge on any atom is 0.274 e. The molecule has 0 bridgehead atoms. The number of hydrogen-bond donors (Lipinski definition) is 1. The second-order valence-electron chi connectivity index (χ2n) is 5.78. The standard InChI is InChI=1S/C17H21N5O5/c1-20(12-16(23)18-8-4-10-27-2)17(24)15-7-9-21(19-15)13-5-3-6-14(11-13)22(25)26/h3,5-7,9,11H,4,8,10,12H2,1-2H3,(H,18,23). The molecule has 0 unspecified atom stereocenters. The molecule has 0 fully saturated rings. The largest absolute Gasteiger partial charge is 0.385 e. The molecule has 0 aliphatic carbocycles. The number of carbonyl (C=O) groups is 2.